The molecule has 0 N–H and O–H groups in total. The minimum absolute atomic E-state index is 0.649. The highest BCUT2D eigenvalue weighted by atomic mass is 32.1. The van der Waals surface area contributed by atoms with Crippen LogP contribution in [0.25, 0.3) is 98.0 Å². The van der Waals surface area contributed by atoms with Gasteiger partial charge in [-0.2, -0.15) is 0 Å². The van der Waals surface area contributed by atoms with Gasteiger partial charge >= 0.3 is 0 Å². The average molecular weight is 703 g/mol. The fraction of sp³-hybridized carbons (Fsp3) is 0.0217. The third kappa shape index (κ3) is 4.91. The Labute approximate surface area is 308 Å². The number of aryl methyl sites for hydroxylation is 1. The summed E-state index contributed by atoms with van der Waals surface area (Å²) in [5.41, 5.74) is 7.51. The Kier molecular flexibility index (Phi) is 7.20. The lowest BCUT2D eigenvalue weighted by atomic mass is 10.1. The summed E-state index contributed by atoms with van der Waals surface area (Å²) in [6.45, 7) is 6.12. The van der Waals surface area contributed by atoms with Gasteiger partial charge < -0.3 is 4.57 Å². The molecule has 0 aliphatic heterocycles. The van der Waals surface area contributed by atoms with E-state index >= 15 is 0 Å². The number of para-hydroxylation sites is 1. The summed E-state index contributed by atoms with van der Waals surface area (Å²) in [5, 5.41) is 6.11. The van der Waals surface area contributed by atoms with Gasteiger partial charge in [0.05, 0.1) is 11.0 Å². The van der Waals surface area contributed by atoms with Crippen LogP contribution in [0.2, 0.25) is 0 Å². The topological polar surface area (TPSA) is 43.6 Å². The lowest BCUT2D eigenvalue weighted by Gasteiger charge is -2.13. The van der Waals surface area contributed by atoms with E-state index in [0.29, 0.717) is 17.5 Å². The molecule has 0 spiro atoms. The fourth-order valence-electron chi connectivity index (χ4n) is 7.39. The molecule has 6 aromatic carbocycles. The zero-order valence-electron chi connectivity index (χ0n) is 28.2. The lowest BCUT2D eigenvalue weighted by Crippen LogP contribution is -2.01. The van der Waals surface area contributed by atoms with Crippen molar-refractivity contribution in [2.75, 3.05) is 0 Å². The van der Waals surface area contributed by atoms with E-state index in [2.05, 4.69) is 121 Å². The summed E-state index contributed by atoms with van der Waals surface area (Å²) in [7, 11) is 0. The molecule has 52 heavy (non-hydrogen) atoms. The standard InChI is InChI=1S/C46H30N4S2/c1-3-4-19-32-28(2)51-42-27-35-33-20-11-13-22-39(33)50(40(35)26-36(32)42)31-24-37-34-21-12-14-23-41(34)52-43(37)38(25-31)46-48-44(29-15-7-5-8-16-29)47-45(49-46)30-17-9-6-10-18-30/h3-27H,1H2,2H3/b19-4-. The first-order valence-electron chi connectivity index (χ1n) is 17.2. The van der Waals surface area contributed by atoms with E-state index in [1.54, 1.807) is 11.3 Å². The van der Waals surface area contributed by atoms with E-state index in [0.717, 1.165) is 38.1 Å². The van der Waals surface area contributed by atoms with Crippen molar-refractivity contribution in [1.82, 2.24) is 19.5 Å². The SMILES string of the molecule is C=C/C=C\c1c(C)sc2cc3c4ccccc4n(-c4cc(-c5nc(-c6ccccc6)nc(-c6ccccc6)n5)c5sc6ccccc6c5c4)c3cc12. The van der Waals surface area contributed by atoms with Gasteiger partial charge in [0.2, 0.25) is 0 Å². The van der Waals surface area contributed by atoms with Crippen molar-refractivity contribution in [3.63, 3.8) is 0 Å². The van der Waals surface area contributed by atoms with Gasteiger partial charge in [-0.05, 0) is 48.9 Å². The van der Waals surface area contributed by atoms with Gasteiger partial charge in [-0.3, -0.25) is 0 Å². The van der Waals surface area contributed by atoms with Crippen LogP contribution in [0.4, 0.5) is 0 Å². The highest BCUT2D eigenvalue weighted by Crippen LogP contribution is 2.44. The van der Waals surface area contributed by atoms with Crippen LogP contribution < -0.4 is 0 Å². The second-order valence-electron chi connectivity index (χ2n) is 12.9. The molecule has 0 saturated heterocycles. The van der Waals surface area contributed by atoms with Crippen LogP contribution in [0.5, 0.6) is 0 Å². The minimum atomic E-state index is 0.649. The molecule has 4 heterocycles. The molecule has 0 amide bonds. The first-order chi connectivity index (χ1) is 25.6. The summed E-state index contributed by atoms with van der Waals surface area (Å²) < 4.78 is 6.09. The van der Waals surface area contributed by atoms with E-state index in [9.17, 15) is 0 Å². The van der Waals surface area contributed by atoms with Crippen LogP contribution in [-0.2, 0) is 0 Å². The van der Waals surface area contributed by atoms with Crippen molar-refractivity contribution in [2.24, 2.45) is 0 Å². The van der Waals surface area contributed by atoms with Crippen molar-refractivity contribution in [2.45, 2.75) is 6.92 Å². The maximum absolute atomic E-state index is 5.21. The van der Waals surface area contributed by atoms with Gasteiger partial charge in [-0.1, -0.05) is 122 Å². The molecular weight excluding hydrogens is 673 g/mol. The Bertz CT molecular complexity index is 2980. The molecular formula is C46H30N4S2. The van der Waals surface area contributed by atoms with E-state index in [1.807, 2.05) is 59.9 Å². The van der Waals surface area contributed by atoms with E-state index in [-0.39, 0.29) is 0 Å². The van der Waals surface area contributed by atoms with Crippen LogP contribution in [-0.4, -0.2) is 19.5 Å². The van der Waals surface area contributed by atoms with Gasteiger partial charge in [0.1, 0.15) is 0 Å². The number of benzene rings is 6. The maximum atomic E-state index is 5.21. The molecule has 0 aliphatic carbocycles. The second-order valence-corrected chi connectivity index (χ2v) is 15.2. The molecule has 10 rings (SSSR count). The summed E-state index contributed by atoms with van der Waals surface area (Å²) in [6.07, 6.45) is 6.04. The number of fused-ring (bicyclic) bond motifs is 7. The third-order valence-electron chi connectivity index (χ3n) is 9.77. The van der Waals surface area contributed by atoms with Crippen molar-refractivity contribution < 1.29 is 0 Å². The fourth-order valence-corrected chi connectivity index (χ4v) is 9.65. The number of thiophene rings is 2. The summed E-state index contributed by atoms with van der Waals surface area (Å²) in [6, 6.07) is 47.1. The van der Waals surface area contributed by atoms with Crippen LogP contribution >= 0.6 is 22.7 Å². The zero-order valence-corrected chi connectivity index (χ0v) is 29.9. The number of nitrogens with zero attached hydrogens (tertiary/aromatic N) is 4. The first-order valence-corrected chi connectivity index (χ1v) is 18.9. The van der Waals surface area contributed by atoms with Crippen molar-refractivity contribution >= 4 is 80.8 Å². The molecule has 0 fully saturated rings. The summed E-state index contributed by atoms with van der Waals surface area (Å²) in [5.74, 6) is 1.95. The largest absolute Gasteiger partial charge is 0.309 e. The monoisotopic (exact) mass is 702 g/mol. The van der Waals surface area contributed by atoms with Crippen molar-refractivity contribution in [1.29, 1.82) is 0 Å². The Hall–Kier alpha value is -6.21. The van der Waals surface area contributed by atoms with Crippen LogP contribution in [0.15, 0.2) is 152 Å². The van der Waals surface area contributed by atoms with Crippen LogP contribution in [0.3, 0.4) is 0 Å². The summed E-state index contributed by atoms with van der Waals surface area (Å²) >= 11 is 3.63. The normalized spacial score (nSPS) is 11.9. The maximum Gasteiger partial charge on any atom is 0.165 e. The van der Waals surface area contributed by atoms with Crippen molar-refractivity contribution in [3.8, 4) is 39.9 Å². The molecule has 4 aromatic heterocycles. The highest BCUT2D eigenvalue weighted by molar-refractivity contribution is 7.26. The van der Waals surface area contributed by atoms with Crippen LogP contribution in [0.1, 0.15) is 10.4 Å². The van der Waals surface area contributed by atoms with Gasteiger partial charge in [0.25, 0.3) is 0 Å². The highest BCUT2D eigenvalue weighted by Gasteiger charge is 2.21. The Balaban J connectivity index is 1.31. The van der Waals surface area contributed by atoms with Crippen molar-refractivity contribution in [3.05, 3.63) is 163 Å². The molecule has 246 valence electrons. The molecule has 0 atom stereocenters. The zero-order chi connectivity index (χ0) is 34.8. The average Bonchev–Trinajstić information content (AvgIpc) is 3.84. The molecule has 10 aromatic rings. The molecule has 0 bridgehead atoms. The Morgan fingerprint density at radius 2 is 1.21 bits per heavy atom. The smallest absolute Gasteiger partial charge is 0.165 e. The molecule has 4 nitrogen and oxygen atoms in total. The molecule has 0 aliphatic rings. The first kappa shape index (κ1) is 30.6. The van der Waals surface area contributed by atoms with E-state index in [4.69, 9.17) is 15.0 Å². The molecule has 0 radical (unpaired) electrons. The van der Waals surface area contributed by atoms with Gasteiger partial charge in [-0.25, -0.2) is 15.0 Å². The summed E-state index contributed by atoms with van der Waals surface area (Å²) in [4.78, 5) is 16.7. The number of allylic oxidation sites excluding steroid dienone is 2. The van der Waals surface area contributed by atoms with Gasteiger partial charge in [0, 0.05) is 68.3 Å². The second kappa shape index (κ2) is 12.2. The van der Waals surface area contributed by atoms with Gasteiger partial charge in [0.15, 0.2) is 17.5 Å². The molecule has 0 unspecified atom stereocenters. The quantitative estimate of drug-likeness (QED) is 0.162. The third-order valence-corrected chi connectivity index (χ3v) is 12.1. The van der Waals surface area contributed by atoms with E-state index in [1.165, 1.54) is 46.8 Å². The van der Waals surface area contributed by atoms with Gasteiger partial charge in [-0.15, -0.1) is 22.7 Å². The number of aromatic nitrogens is 4. The van der Waals surface area contributed by atoms with Crippen LogP contribution in [0, 0.1) is 6.92 Å². The van der Waals surface area contributed by atoms with E-state index < -0.39 is 0 Å². The Morgan fingerprint density at radius 1 is 0.558 bits per heavy atom. The predicted molar refractivity (Wildman–Crippen MR) is 223 cm³/mol. The molecule has 6 heteroatoms. The number of hydrogen-bond donors (Lipinski definition) is 0. The Morgan fingerprint density at radius 3 is 1.94 bits per heavy atom. The minimum Gasteiger partial charge on any atom is -0.309 e. The predicted octanol–water partition coefficient (Wildman–Crippen LogP) is 13.1. The lowest BCUT2D eigenvalue weighted by molar-refractivity contribution is 1.07. The molecule has 0 saturated carbocycles. The number of hydrogen-bond acceptors (Lipinski definition) is 5. The number of rotatable bonds is 6.